The third-order valence-corrected chi connectivity index (χ3v) is 3.24. The van der Waals surface area contributed by atoms with E-state index >= 15 is 0 Å². The Balaban J connectivity index is 2.08. The van der Waals surface area contributed by atoms with Crippen molar-refractivity contribution in [2.75, 3.05) is 20.6 Å². The van der Waals surface area contributed by atoms with E-state index in [9.17, 15) is 9.50 Å². The molecular weight excluding hydrogens is 267 g/mol. The topological polar surface area (TPSA) is 35.5 Å². The van der Waals surface area contributed by atoms with Crippen LogP contribution in [0.2, 0.25) is 0 Å². The number of rotatable bonds is 6. The van der Waals surface area contributed by atoms with Crippen molar-refractivity contribution in [1.82, 2.24) is 10.2 Å². The summed E-state index contributed by atoms with van der Waals surface area (Å²) >= 11 is 0. The molecule has 21 heavy (non-hydrogen) atoms. The molecule has 2 rings (SSSR count). The van der Waals surface area contributed by atoms with Crippen LogP contribution in [0.15, 0.2) is 48.5 Å². The molecule has 1 atom stereocenters. The van der Waals surface area contributed by atoms with Gasteiger partial charge in [0.15, 0.2) is 0 Å². The van der Waals surface area contributed by atoms with E-state index < -0.39 is 5.82 Å². The molecule has 0 aliphatic heterocycles. The number of benzene rings is 2. The molecule has 2 aromatic carbocycles. The Labute approximate surface area is 125 Å². The number of hydrogen-bond acceptors (Lipinski definition) is 3. The Kier molecular flexibility index (Phi) is 5.31. The number of phenolic OH excluding ortho intramolecular Hbond substituents is 1. The van der Waals surface area contributed by atoms with E-state index in [2.05, 4.69) is 22.3 Å². The first-order valence-corrected chi connectivity index (χ1v) is 6.96. The van der Waals surface area contributed by atoms with Crippen molar-refractivity contribution in [3.05, 3.63) is 65.5 Å². The van der Waals surface area contributed by atoms with Crippen molar-refractivity contribution >= 4 is 0 Å². The van der Waals surface area contributed by atoms with E-state index in [1.54, 1.807) is 6.07 Å². The summed E-state index contributed by atoms with van der Waals surface area (Å²) < 4.78 is 13.3. The fourth-order valence-electron chi connectivity index (χ4n) is 2.31. The van der Waals surface area contributed by atoms with Gasteiger partial charge in [-0.1, -0.05) is 30.3 Å². The highest BCUT2D eigenvalue weighted by Gasteiger charge is 2.12. The van der Waals surface area contributed by atoms with Crippen molar-refractivity contribution < 1.29 is 9.50 Å². The van der Waals surface area contributed by atoms with E-state index in [-0.39, 0.29) is 11.8 Å². The smallest absolute Gasteiger partial charge is 0.127 e. The minimum Gasteiger partial charge on any atom is -0.508 e. The maximum absolute atomic E-state index is 13.3. The zero-order chi connectivity index (χ0) is 15.2. The van der Waals surface area contributed by atoms with Crippen LogP contribution in [-0.4, -0.2) is 30.6 Å². The van der Waals surface area contributed by atoms with Crippen molar-refractivity contribution in [3.63, 3.8) is 0 Å². The number of likely N-dealkylation sites (N-methyl/N-ethyl adjacent to an activating group) is 1. The molecule has 0 saturated heterocycles. The second kappa shape index (κ2) is 7.20. The number of nitrogens with zero attached hydrogens (tertiary/aromatic N) is 1. The average molecular weight is 288 g/mol. The van der Waals surface area contributed by atoms with Gasteiger partial charge < -0.3 is 15.3 Å². The molecule has 0 aliphatic carbocycles. The monoisotopic (exact) mass is 288 g/mol. The zero-order valence-corrected chi connectivity index (χ0v) is 12.4. The molecular formula is C17H21FN2O. The summed E-state index contributed by atoms with van der Waals surface area (Å²) in [5, 5.41) is 12.9. The van der Waals surface area contributed by atoms with Crippen LogP contribution in [-0.2, 0) is 6.54 Å². The van der Waals surface area contributed by atoms with Crippen molar-refractivity contribution in [3.8, 4) is 5.75 Å². The lowest BCUT2D eigenvalue weighted by Gasteiger charge is -2.23. The van der Waals surface area contributed by atoms with Gasteiger partial charge in [0.05, 0.1) is 0 Å². The second-order valence-electron chi connectivity index (χ2n) is 5.42. The van der Waals surface area contributed by atoms with Gasteiger partial charge in [-0.05, 0) is 37.4 Å². The van der Waals surface area contributed by atoms with Gasteiger partial charge in [0.25, 0.3) is 0 Å². The summed E-state index contributed by atoms with van der Waals surface area (Å²) in [4.78, 5) is 2.10. The number of phenols is 1. The van der Waals surface area contributed by atoms with Gasteiger partial charge >= 0.3 is 0 Å². The SMILES string of the molecule is CN(C)CC(NCc1cc(O)cc(F)c1)c1ccccc1. The van der Waals surface area contributed by atoms with E-state index in [1.807, 2.05) is 32.3 Å². The molecule has 0 saturated carbocycles. The van der Waals surface area contributed by atoms with Crippen LogP contribution in [0.25, 0.3) is 0 Å². The quantitative estimate of drug-likeness (QED) is 0.858. The zero-order valence-electron chi connectivity index (χ0n) is 12.4. The molecule has 0 heterocycles. The lowest BCUT2D eigenvalue weighted by molar-refractivity contribution is 0.340. The summed E-state index contributed by atoms with van der Waals surface area (Å²) in [5.74, 6) is -0.466. The summed E-state index contributed by atoms with van der Waals surface area (Å²) in [6.07, 6.45) is 0. The summed E-state index contributed by atoms with van der Waals surface area (Å²) in [6.45, 7) is 1.34. The maximum atomic E-state index is 13.3. The average Bonchev–Trinajstić information content (AvgIpc) is 2.43. The van der Waals surface area contributed by atoms with Gasteiger partial charge in [-0.2, -0.15) is 0 Å². The Morgan fingerprint density at radius 2 is 1.86 bits per heavy atom. The van der Waals surface area contributed by atoms with E-state index in [4.69, 9.17) is 0 Å². The number of nitrogens with one attached hydrogen (secondary N) is 1. The van der Waals surface area contributed by atoms with Gasteiger partial charge in [0, 0.05) is 25.2 Å². The van der Waals surface area contributed by atoms with Gasteiger partial charge in [0.2, 0.25) is 0 Å². The lowest BCUT2D eigenvalue weighted by atomic mass is 10.1. The molecule has 0 aromatic heterocycles. The predicted octanol–water partition coefficient (Wildman–Crippen LogP) is 2.92. The first-order chi connectivity index (χ1) is 10.0. The Bertz CT molecular complexity index is 552. The standard InChI is InChI=1S/C17H21FN2O/c1-20(2)12-17(14-6-4-3-5-7-14)19-11-13-8-15(18)10-16(21)9-13/h3-10,17,19,21H,11-12H2,1-2H3. The molecule has 0 aliphatic rings. The largest absolute Gasteiger partial charge is 0.508 e. The van der Waals surface area contributed by atoms with Gasteiger partial charge in [-0.3, -0.25) is 0 Å². The van der Waals surface area contributed by atoms with E-state index in [1.165, 1.54) is 11.6 Å². The van der Waals surface area contributed by atoms with Crippen LogP contribution in [0.4, 0.5) is 4.39 Å². The van der Waals surface area contributed by atoms with Gasteiger partial charge in [-0.15, -0.1) is 0 Å². The fraction of sp³-hybridized carbons (Fsp3) is 0.294. The number of halogens is 1. The molecule has 3 nitrogen and oxygen atoms in total. The van der Waals surface area contributed by atoms with Crippen LogP contribution in [0.5, 0.6) is 5.75 Å². The highest BCUT2D eigenvalue weighted by atomic mass is 19.1. The Hall–Kier alpha value is -1.91. The Morgan fingerprint density at radius 3 is 2.48 bits per heavy atom. The number of aromatic hydroxyl groups is 1. The van der Waals surface area contributed by atoms with Gasteiger partial charge in [0.1, 0.15) is 11.6 Å². The minimum atomic E-state index is -0.421. The van der Waals surface area contributed by atoms with Crippen LogP contribution in [0.3, 0.4) is 0 Å². The summed E-state index contributed by atoms with van der Waals surface area (Å²) in [6, 6.07) is 14.4. The third-order valence-electron chi connectivity index (χ3n) is 3.24. The van der Waals surface area contributed by atoms with Crippen molar-refractivity contribution in [1.29, 1.82) is 0 Å². The normalized spacial score (nSPS) is 12.6. The molecule has 112 valence electrons. The van der Waals surface area contributed by atoms with Crippen molar-refractivity contribution in [2.45, 2.75) is 12.6 Å². The second-order valence-corrected chi connectivity index (χ2v) is 5.42. The van der Waals surface area contributed by atoms with Gasteiger partial charge in [-0.25, -0.2) is 4.39 Å². The molecule has 0 fully saturated rings. The van der Waals surface area contributed by atoms with Crippen LogP contribution in [0.1, 0.15) is 17.2 Å². The van der Waals surface area contributed by atoms with Crippen LogP contribution in [0, 0.1) is 5.82 Å². The third kappa shape index (κ3) is 4.85. The number of hydrogen-bond donors (Lipinski definition) is 2. The maximum Gasteiger partial charge on any atom is 0.127 e. The molecule has 2 N–H and O–H groups in total. The molecule has 1 unspecified atom stereocenters. The van der Waals surface area contributed by atoms with E-state index in [0.29, 0.717) is 6.54 Å². The Morgan fingerprint density at radius 1 is 1.14 bits per heavy atom. The van der Waals surface area contributed by atoms with Crippen LogP contribution < -0.4 is 5.32 Å². The molecule has 0 radical (unpaired) electrons. The van der Waals surface area contributed by atoms with E-state index in [0.717, 1.165) is 18.2 Å². The summed E-state index contributed by atoms with van der Waals surface area (Å²) in [7, 11) is 4.04. The summed E-state index contributed by atoms with van der Waals surface area (Å²) in [5.41, 5.74) is 1.92. The highest BCUT2D eigenvalue weighted by Crippen LogP contribution is 2.17. The van der Waals surface area contributed by atoms with Crippen molar-refractivity contribution in [2.24, 2.45) is 0 Å². The minimum absolute atomic E-state index is 0.0457. The first kappa shape index (κ1) is 15.5. The predicted molar refractivity (Wildman–Crippen MR) is 82.6 cm³/mol. The lowest BCUT2D eigenvalue weighted by Crippen LogP contribution is -2.30. The molecule has 4 heteroatoms. The molecule has 2 aromatic rings. The first-order valence-electron chi connectivity index (χ1n) is 6.96. The molecule has 0 bridgehead atoms. The fourth-order valence-corrected chi connectivity index (χ4v) is 2.31. The molecule has 0 amide bonds. The highest BCUT2D eigenvalue weighted by molar-refractivity contribution is 5.28. The molecule has 0 spiro atoms. The van der Waals surface area contributed by atoms with Crippen LogP contribution >= 0.6 is 0 Å².